The topological polar surface area (TPSA) is 75.7 Å². The molecule has 2 aromatic carbocycles. The number of ether oxygens (including phenoxy) is 1. The van der Waals surface area contributed by atoms with Gasteiger partial charge in [-0.05, 0) is 49.7 Å². The Morgan fingerprint density at radius 2 is 1.90 bits per heavy atom. The van der Waals surface area contributed by atoms with Crippen molar-refractivity contribution in [1.82, 2.24) is 0 Å². The number of carbonyl (C=O) groups is 3. The van der Waals surface area contributed by atoms with Gasteiger partial charge in [0, 0.05) is 17.7 Å². The summed E-state index contributed by atoms with van der Waals surface area (Å²) in [4.78, 5) is 38.6. The van der Waals surface area contributed by atoms with Crippen LogP contribution in [0.15, 0.2) is 42.5 Å². The highest BCUT2D eigenvalue weighted by atomic mass is 19.4. The van der Waals surface area contributed by atoms with E-state index in [1.807, 2.05) is 6.92 Å². The second-order valence-electron chi connectivity index (χ2n) is 7.17. The van der Waals surface area contributed by atoms with Crippen molar-refractivity contribution in [3.63, 3.8) is 0 Å². The lowest BCUT2D eigenvalue weighted by Crippen LogP contribution is -2.47. The predicted molar refractivity (Wildman–Crippen MR) is 108 cm³/mol. The third-order valence-corrected chi connectivity index (χ3v) is 4.74. The van der Waals surface area contributed by atoms with E-state index in [0.717, 1.165) is 12.1 Å². The van der Waals surface area contributed by atoms with Crippen LogP contribution >= 0.6 is 0 Å². The molecule has 2 amide bonds. The zero-order valence-electron chi connectivity index (χ0n) is 17.0. The fraction of sp³-hybridized carbons (Fsp3) is 0.318. The van der Waals surface area contributed by atoms with Gasteiger partial charge < -0.3 is 10.1 Å². The van der Waals surface area contributed by atoms with Gasteiger partial charge in [-0.3, -0.25) is 19.3 Å². The molecule has 0 bridgehead atoms. The number of nitrogens with zero attached hydrogens (tertiary/aromatic N) is 1. The summed E-state index contributed by atoms with van der Waals surface area (Å²) in [5, 5.41) is 2.39. The van der Waals surface area contributed by atoms with E-state index in [0.29, 0.717) is 24.2 Å². The fourth-order valence-corrected chi connectivity index (χ4v) is 3.23. The molecule has 1 atom stereocenters. The van der Waals surface area contributed by atoms with Crippen LogP contribution in [0.3, 0.4) is 0 Å². The van der Waals surface area contributed by atoms with Gasteiger partial charge in [0.25, 0.3) is 5.91 Å². The van der Waals surface area contributed by atoms with Crippen LogP contribution in [-0.2, 0) is 15.8 Å². The van der Waals surface area contributed by atoms with Crippen LogP contribution in [0, 0.1) is 0 Å². The van der Waals surface area contributed by atoms with Crippen LogP contribution < -0.4 is 15.0 Å². The normalized spacial score (nSPS) is 15.8. The lowest BCUT2D eigenvalue weighted by atomic mass is 10.0. The Bertz CT molecular complexity index is 1020. The summed E-state index contributed by atoms with van der Waals surface area (Å²) in [7, 11) is 0. The summed E-state index contributed by atoms with van der Waals surface area (Å²) in [6.45, 7) is 2.95. The number of halogens is 3. The molecule has 0 radical (unpaired) electrons. The molecule has 0 saturated heterocycles. The Balaban J connectivity index is 1.84. The molecule has 9 heteroatoms. The second kappa shape index (κ2) is 8.79. The molecule has 164 valence electrons. The van der Waals surface area contributed by atoms with Crippen molar-refractivity contribution in [3.05, 3.63) is 53.6 Å². The number of alkyl halides is 3. The number of hydrogen-bond acceptors (Lipinski definition) is 4. The number of hydrogen-bond donors (Lipinski definition) is 1. The van der Waals surface area contributed by atoms with Gasteiger partial charge >= 0.3 is 6.18 Å². The highest BCUT2D eigenvalue weighted by Gasteiger charge is 2.34. The highest BCUT2D eigenvalue weighted by Crippen LogP contribution is 2.35. The average Bonchev–Trinajstić information content (AvgIpc) is 2.71. The zero-order valence-corrected chi connectivity index (χ0v) is 17.0. The molecule has 0 fully saturated rings. The molecular weight excluding hydrogens is 413 g/mol. The first kappa shape index (κ1) is 22.3. The van der Waals surface area contributed by atoms with E-state index >= 15 is 0 Å². The third-order valence-electron chi connectivity index (χ3n) is 4.74. The monoisotopic (exact) mass is 434 g/mol. The first-order valence-corrected chi connectivity index (χ1v) is 9.72. The molecule has 0 spiro atoms. The number of ketones is 1. The summed E-state index contributed by atoms with van der Waals surface area (Å²) in [5.41, 5.74) is -0.287. The van der Waals surface area contributed by atoms with Crippen LogP contribution in [0.2, 0.25) is 0 Å². The molecular formula is C22H21F3N2O4. The van der Waals surface area contributed by atoms with Gasteiger partial charge in [-0.25, -0.2) is 0 Å². The lowest BCUT2D eigenvalue weighted by Gasteiger charge is -2.32. The molecule has 0 aliphatic carbocycles. The number of amides is 2. The first-order valence-electron chi connectivity index (χ1n) is 9.72. The largest absolute Gasteiger partial charge is 0.479 e. The number of fused-ring (bicyclic) bond motifs is 1. The van der Waals surface area contributed by atoms with E-state index in [4.69, 9.17) is 4.74 Å². The van der Waals surface area contributed by atoms with E-state index < -0.39 is 36.2 Å². The van der Waals surface area contributed by atoms with Gasteiger partial charge in [-0.2, -0.15) is 13.2 Å². The first-order chi connectivity index (χ1) is 14.6. The maximum Gasteiger partial charge on any atom is 0.416 e. The second-order valence-corrected chi connectivity index (χ2v) is 7.17. The Labute approximate surface area is 177 Å². The maximum atomic E-state index is 12.9. The van der Waals surface area contributed by atoms with Gasteiger partial charge in [0.2, 0.25) is 5.91 Å². The molecule has 0 aromatic heterocycles. The number of carbonyl (C=O) groups excluding carboxylic acids is 3. The van der Waals surface area contributed by atoms with Crippen LogP contribution in [-0.4, -0.2) is 30.2 Å². The quantitative estimate of drug-likeness (QED) is 0.682. The summed E-state index contributed by atoms with van der Waals surface area (Å²) < 4.78 is 44.2. The number of Topliss-reactive ketones (excluding diaryl/α,β-unsaturated/α-hetero) is 1. The Morgan fingerprint density at radius 1 is 1.16 bits per heavy atom. The molecule has 6 nitrogen and oxygen atoms in total. The average molecular weight is 434 g/mol. The maximum absolute atomic E-state index is 12.9. The molecule has 2 aromatic rings. The third kappa shape index (κ3) is 5.04. The van der Waals surface area contributed by atoms with E-state index in [2.05, 4.69) is 5.32 Å². The summed E-state index contributed by atoms with van der Waals surface area (Å²) in [6.07, 6.45) is -4.41. The van der Waals surface area contributed by atoms with Gasteiger partial charge in [-0.1, -0.05) is 13.0 Å². The van der Waals surface area contributed by atoms with E-state index in [1.54, 1.807) is 12.1 Å². The van der Waals surface area contributed by atoms with Crippen molar-refractivity contribution in [1.29, 1.82) is 0 Å². The van der Waals surface area contributed by atoms with Crippen molar-refractivity contribution in [3.8, 4) is 5.75 Å². The minimum absolute atomic E-state index is 0.0410. The van der Waals surface area contributed by atoms with Gasteiger partial charge in [0.15, 0.2) is 11.9 Å². The van der Waals surface area contributed by atoms with Gasteiger partial charge in [-0.15, -0.1) is 0 Å². The summed E-state index contributed by atoms with van der Waals surface area (Å²) in [6, 6.07) is 8.88. The Morgan fingerprint density at radius 3 is 2.58 bits per heavy atom. The lowest BCUT2D eigenvalue weighted by molar-refractivity contribution is -0.137. The number of nitrogens with one attached hydrogen (secondary N) is 1. The Hall–Kier alpha value is -3.36. The van der Waals surface area contributed by atoms with Crippen LogP contribution in [0.5, 0.6) is 5.75 Å². The van der Waals surface area contributed by atoms with E-state index in [9.17, 15) is 27.6 Å². The van der Waals surface area contributed by atoms with Crippen LogP contribution in [0.4, 0.5) is 24.5 Å². The van der Waals surface area contributed by atoms with Gasteiger partial charge in [0.05, 0.1) is 11.3 Å². The zero-order chi connectivity index (χ0) is 22.8. The van der Waals surface area contributed by atoms with Crippen LogP contribution in [0.25, 0.3) is 0 Å². The number of rotatable bonds is 6. The molecule has 1 N–H and O–H groups in total. The molecule has 31 heavy (non-hydrogen) atoms. The van der Waals surface area contributed by atoms with Crippen molar-refractivity contribution < 1.29 is 32.3 Å². The minimum Gasteiger partial charge on any atom is -0.479 e. The number of benzene rings is 2. The standard InChI is InChI=1S/C22H21F3N2O4/c1-3-5-18(28)14-8-9-19-17(10-14)27(21(30)13(2)31-19)12-20(29)26-16-7-4-6-15(11-16)22(23,24)25/h4,6-11,13H,3,5,12H2,1-2H3,(H,26,29). The summed E-state index contributed by atoms with van der Waals surface area (Å²) in [5.74, 6) is -0.943. The minimum atomic E-state index is -4.54. The molecule has 1 aliphatic rings. The van der Waals surface area contributed by atoms with Gasteiger partial charge in [0.1, 0.15) is 12.3 Å². The van der Waals surface area contributed by atoms with Crippen molar-refractivity contribution in [2.75, 3.05) is 16.8 Å². The molecule has 0 saturated carbocycles. The number of anilines is 2. The van der Waals surface area contributed by atoms with Crippen molar-refractivity contribution >= 4 is 29.0 Å². The molecule has 1 aliphatic heterocycles. The molecule has 1 unspecified atom stereocenters. The fourth-order valence-electron chi connectivity index (χ4n) is 3.23. The summed E-state index contributed by atoms with van der Waals surface area (Å²) >= 11 is 0. The SMILES string of the molecule is CCCC(=O)c1ccc2c(c1)N(CC(=O)Nc1cccc(C(F)(F)F)c1)C(=O)C(C)O2. The van der Waals surface area contributed by atoms with Crippen LogP contribution in [0.1, 0.15) is 42.6 Å². The van der Waals surface area contributed by atoms with E-state index in [1.165, 1.54) is 30.0 Å². The highest BCUT2D eigenvalue weighted by molar-refractivity contribution is 6.07. The molecule has 1 heterocycles. The molecule has 3 rings (SSSR count). The smallest absolute Gasteiger partial charge is 0.416 e. The predicted octanol–water partition coefficient (Wildman–Crippen LogP) is 4.44. The van der Waals surface area contributed by atoms with Crippen molar-refractivity contribution in [2.24, 2.45) is 0 Å². The Kier molecular flexibility index (Phi) is 6.33. The van der Waals surface area contributed by atoms with E-state index in [-0.39, 0.29) is 17.2 Å². The van der Waals surface area contributed by atoms with Crippen molar-refractivity contribution in [2.45, 2.75) is 39.0 Å².